The predicted octanol–water partition coefficient (Wildman–Crippen LogP) is 0.718. The Bertz CT molecular complexity index is 626. The average Bonchev–Trinajstić information content (AvgIpc) is 2.46. The van der Waals surface area contributed by atoms with Crippen LogP contribution < -0.4 is 5.32 Å². The molecule has 0 aliphatic carbocycles. The third-order valence-electron chi connectivity index (χ3n) is 3.40. The minimum atomic E-state index is -3.39. The maximum atomic E-state index is 12.1. The highest BCUT2D eigenvalue weighted by molar-refractivity contribution is 7.89. The largest absolute Gasteiger partial charge is 0.352 e. The lowest BCUT2D eigenvalue weighted by atomic mass is 10.2. The van der Waals surface area contributed by atoms with E-state index >= 15 is 0 Å². The Labute approximate surface area is 126 Å². The number of nitrogens with zero attached hydrogens (tertiary/aromatic N) is 3. The van der Waals surface area contributed by atoms with Crippen molar-refractivity contribution < 1.29 is 8.42 Å². The van der Waals surface area contributed by atoms with E-state index in [1.165, 1.54) is 18.4 Å². The fraction of sp³-hybridized carbons (Fsp3) is 0.500. The van der Waals surface area contributed by atoms with E-state index in [9.17, 15) is 8.42 Å². The highest BCUT2D eigenvalue weighted by Crippen LogP contribution is 2.14. The molecule has 1 N–H and O–H groups in total. The third kappa shape index (κ3) is 3.74. The number of benzene rings is 1. The maximum Gasteiger partial charge on any atom is 0.242 e. The van der Waals surface area contributed by atoms with Gasteiger partial charge in [-0.3, -0.25) is 4.99 Å². The fourth-order valence-corrected chi connectivity index (χ4v) is 3.09. The number of rotatable bonds is 4. The number of guanidine groups is 1. The van der Waals surface area contributed by atoms with Crippen LogP contribution in [0.2, 0.25) is 0 Å². The van der Waals surface area contributed by atoms with Gasteiger partial charge in [-0.25, -0.2) is 12.7 Å². The van der Waals surface area contributed by atoms with Gasteiger partial charge in [-0.2, -0.15) is 0 Å². The Kier molecular flexibility index (Phi) is 4.84. The normalized spacial score (nSPS) is 16.0. The van der Waals surface area contributed by atoms with E-state index in [2.05, 4.69) is 15.2 Å². The highest BCUT2D eigenvalue weighted by Gasteiger charge is 2.17. The summed E-state index contributed by atoms with van der Waals surface area (Å²) < 4.78 is 25.5. The van der Waals surface area contributed by atoms with Crippen LogP contribution in [-0.4, -0.2) is 57.8 Å². The molecule has 0 amide bonds. The van der Waals surface area contributed by atoms with Crippen LogP contribution >= 0.6 is 0 Å². The van der Waals surface area contributed by atoms with Crippen LogP contribution in [0.3, 0.4) is 0 Å². The van der Waals surface area contributed by atoms with Crippen LogP contribution in [0.5, 0.6) is 0 Å². The van der Waals surface area contributed by atoms with Gasteiger partial charge < -0.3 is 10.2 Å². The van der Waals surface area contributed by atoms with E-state index in [4.69, 9.17) is 0 Å². The van der Waals surface area contributed by atoms with Crippen molar-refractivity contribution in [2.45, 2.75) is 17.9 Å². The van der Waals surface area contributed by atoms with Crippen LogP contribution in [0, 0.1) is 0 Å². The van der Waals surface area contributed by atoms with E-state index in [-0.39, 0.29) is 0 Å². The number of nitrogens with one attached hydrogen (secondary N) is 1. The molecule has 0 spiro atoms. The summed E-state index contributed by atoms with van der Waals surface area (Å²) in [5, 5.41) is 3.26. The number of hydrogen-bond acceptors (Lipinski definition) is 5. The Morgan fingerprint density at radius 3 is 2.81 bits per heavy atom. The molecule has 0 saturated carbocycles. The Hall–Kier alpha value is -1.60. The van der Waals surface area contributed by atoms with E-state index in [1.54, 1.807) is 18.2 Å². The van der Waals surface area contributed by atoms with Gasteiger partial charge in [0, 0.05) is 40.8 Å². The summed E-state index contributed by atoms with van der Waals surface area (Å²) >= 11 is 0. The molecule has 0 fully saturated rings. The summed E-state index contributed by atoms with van der Waals surface area (Å²) in [6, 6.07) is 6.99. The Morgan fingerprint density at radius 2 is 2.14 bits per heavy atom. The van der Waals surface area contributed by atoms with Gasteiger partial charge in [0.2, 0.25) is 10.0 Å². The van der Waals surface area contributed by atoms with Crippen molar-refractivity contribution in [1.29, 1.82) is 0 Å². The number of hydrogen-bond donors (Lipinski definition) is 1. The fourth-order valence-electron chi connectivity index (χ4n) is 2.12. The molecule has 1 aliphatic heterocycles. The summed E-state index contributed by atoms with van der Waals surface area (Å²) in [7, 11) is 1.68. The van der Waals surface area contributed by atoms with Crippen LogP contribution in [0.25, 0.3) is 0 Å². The molecule has 0 atom stereocenters. The summed E-state index contributed by atoms with van der Waals surface area (Å²) in [6.45, 7) is 2.38. The van der Waals surface area contributed by atoms with Crippen LogP contribution in [0.1, 0.15) is 12.0 Å². The van der Waals surface area contributed by atoms with Crippen LogP contribution in [0.15, 0.2) is 34.2 Å². The van der Waals surface area contributed by atoms with Crippen molar-refractivity contribution in [3.63, 3.8) is 0 Å². The van der Waals surface area contributed by atoms with Crippen LogP contribution in [-0.2, 0) is 16.6 Å². The second-order valence-corrected chi connectivity index (χ2v) is 7.42. The zero-order valence-corrected chi connectivity index (χ0v) is 13.5. The van der Waals surface area contributed by atoms with Crippen molar-refractivity contribution in [1.82, 2.24) is 14.5 Å². The summed E-state index contributed by atoms with van der Waals surface area (Å²) in [6.07, 6.45) is 1.07. The van der Waals surface area contributed by atoms with Crippen LogP contribution in [0.4, 0.5) is 0 Å². The first-order valence-electron chi connectivity index (χ1n) is 6.92. The lowest BCUT2D eigenvalue weighted by Gasteiger charge is -2.25. The van der Waals surface area contributed by atoms with Gasteiger partial charge in [0.05, 0.1) is 4.90 Å². The highest BCUT2D eigenvalue weighted by atomic mass is 32.2. The summed E-state index contributed by atoms with van der Waals surface area (Å²) in [5.74, 6) is 0.863. The molecule has 1 heterocycles. The monoisotopic (exact) mass is 310 g/mol. The molecule has 1 aromatic rings. The van der Waals surface area contributed by atoms with Crippen molar-refractivity contribution in [3.05, 3.63) is 29.8 Å². The molecule has 0 bridgehead atoms. The molecule has 1 aromatic carbocycles. The molecule has 1 aliphatic rings. The van der Waals surface area contributed by atoms with Gasteiger partial charge in [-0.15, -0.1) is 0 Å². The predicted molar refractivity (Wildman–Crippen MR) is 83.7 cm³/mol. The molecule has 2 rings (SSSR count). The van der Waals surface area contributed by atoms with Crippen molar-refractivity contribution in [2.75, 3.05) is 34.2 Å². The van der Waals surface area contributed by atoms with Crippen molar-refractivity contribution in [3.8, 4) is 0 Å². The van der Waals surface area contributed by atoms with Gasteiger partial charge in [-0.05, 0) is 24.1 Å². The molecule has 0 saturated heterocycles. The van der Waals surface area contributed by atoms with Gasteiger partial charge in [0.25, 0.3) is 0 Å². The molecule has 0 aromatic heterocycles. The number of aliphatic imine (C=N–C) groups is 1. The zero-order valence-electron chi connectivity index (χ0n) is 12.7. The van der Waals surface area contributed by atoms with Gasteiger partial charge in [0.1, 0.15) is 0 Å². The first kappa shape index (κ1) is 15.8. The quantitative estimate of drug-likeness (QED) is 0.890. The lowest BCUT2D eigenvalue weighted by Crippen LogP contribution is -2.41. The van der Waals surface area contributed by atoms with E-state index in [1.807, 2.05) is 13.1 Å². The molecule has 6 nitrogen and oxygen atoms in total. The molecule has 0 radical (unpaired) electrons. The Morgan fingerprint density at radius 1 is 1.38 bits per heavy atom. The lowest BCUT2D eigenvalue weighted by molar-refractivity contribution is 0.446. The first-order valence-corrected chi connectivity index (χ1v) is 8.36. The van der Waals surface area contributed by atoms with Gasteiger partial charge >= 0.3 is 0 Å². The zero-order chi connectivity index (χ0) is 15.5. The van der Waals surface area contributed by atoms with Gasteiger partial charge in [0.15, 0.2) is 5.96 Å². The average molecular weight is 310 g/mol. The number of sulfonamides is 1. The summed E-state index contributed by atoms with van der Waals surface area (Å²) in [5.41, 5.74) is 0.916. The van der Waals surface area contributed by atoms with E-state index in [0.717, 1.165) is 31.0 Å². The smallest absolute Gasteiger partial charge is 0.242 e. The second kappa shape index (κ2) is 6.44. The third-order valence-corrected chi connectivity index (χ3v) is 5.21. The minimum absolute atomic E-state index is 0.311. The van der Waals surface area contributed by atoms with E-state index < -0.39 is 10.0 Å². The standard InChI is InChI=1S/C14H22N4O2S/c1-17(2)21(19,20)13-7-4-6-12(10-13)11-16-14-15-8-5-9-18(14)3/h4,6-7,10H,5,8-9,11H2,1-3H3,(H,15,16). The molecular weight excluding hydrogens is 288 g/mol. The molecule has 0 unspecified atom stereocenters. The first-order chi connectivity index (χ1) is 9.91. The maximum absolute atomic E-state index is 12.1. The second-order valence-electron chi connectivity index (χ2n) is 5.27. The van der Waals surface area contributed by atoms with Gasteiger partial charge in [-0.1, -0.05) is 12.1 Å². The molecule has 116 valence electrons. The topological polar surface area (TPSA) is 65.0 Å². The van der Waals surface area contributed by atoms with E-state index in [0.29, 0.717) is 11.4 Å². The molecule has 7 heteroatoms. The summed E-state index contributed by atoms with van der Waals surface area (Å²) in [4.78, 5) is 6.81. The van der Waals surface area contributed by atoms with Crippen molar-refractivity contribution in [2.24, 2.45) is 4.99 Å². The molecular formula is C14H22N4O2S. The van der Waals surface area contributed by atoms with Crippen molar-refractivity contribution >= 4 is 16.0 Å². The minimum Gasteiger partial charge on any atom is -0.352 e. The molecule has 21 heavy (non-hydrogen) atoms. The SMILES string of the molecule is CN1CCCN=C1NCc1cccc(S(=O)(=O)N(C)C)c1. The Balaban J connectivity index is 2.10.